The molecule has 4 rings (SSSR count). The molecule has 31 heavy (non-hydrogen) atoms. The third-order valence-electron chi connectivity index (χ3n) is 7.75. The third kappa shape index (κ3) is 7.61. The van der Waals surface area contributed by atoms with E-state index < -0.39 is 0 Å². The fraction of sp³-hybridized carbons (Fsp3) is 0.885. The van der Waals surface area contributed by atoms with E-state index in [4.69, 9.17) is 15.0 Å². The minimum absolute atomic E-state index is 0.501. The lowest BCUT2D eigenvalue weighted by Gasteiger charge is -2.24. The monoisotopic (exact) mass is 427 g/mol. The van der Waals surface area contributed by atoms with Gasteiger partial charge < -0.3 is 10.6 Å². The van der Waals surface area contributed by atoms with E-state index in [-0.39, 0.29) is 0 Å². The molecule has 0 bridgehead atoms. The molecular formula is C26H45N5. The average molecular weight is 428 g/mol. The van der Waals surface area contributed by atoms with Crippen LogP contribution in [0.2, 0.25) is 0 Å². The summed E-state index contributed by atoms with van der Waals surface area (Å²) >= 11 is 0. The van der Waals surface area contributed by atoms with Gasteiger partial charge in [0.2, 0.25) is 11.9 Å². The first-order chi connectivity index (χ1) is 15.4. The molecule has 1 aromatic heterocycles. The van der Waals surface area contributed by atoms with Gasteiger partial charge in [-0.1, -0.05) is 89.9 Å². The van der Waals surface area contributed by atoms with Crippen molar-refractivity contribution < 1.29 is 0 Å². The molecule has 5 nitrogen and oxygen atoms in total. The predicted molar refractivity (Wildman–Crippen MR) is 130 cm³/mol. The highest BCUT2D eigenvalue weighted by Crippen LogP contribution is 2.31. The van der Waals surface area contributed by atoms with Crippen LogP contribution in [0.1, 0.15) is 140 Å². The van der Waals surface area contributed by atoms with Crippen LogP contribution in [-0.2, 0) is 0 Å². The predicted octanol–water partition coefficient (Wildman–Crippen LogP) is 7.36. The fourth-order valence-corrected chi connectivity index (χ4v) is 5.81. The zero-order valence-electron chi connectivity index (χ0n) is 19.7. The molecule has 3 aliphatic rings. The number of nitrogens with one attached hydrogen (secondary N) is 2. The first-order valence-corrected chi connectivity index (χ1v) is 13.7. The molecular weight excluding hydrogens is 382 g/mol. The van der Waals surface area contributed by atoms with Crippen LogP contribution >= 0.6 is 0 Å². The Kier molecular flexibility index (Phi) is 9.26. The van der Waals surface area contributed by atoms with Gasteiger partial charge in [-0.25, -0.2) is 0 Å². The minimum Gasteiger partial charge on any atom is -0.351 e. The second-order valence-electron chi connectivity index (χ2n) is 10.4. The van der Waals surface area contributed by atoms with Crippen LogP contribution in [0.15, 0.2) is 0 Å². The maximum atomic E-state index is 5.00. The van der Waals surface area contributed by atoms with Crippen molar-refractivity contribution in [1.29, 1.82) is 0 Å². The molecule has 0 atom stereocenters. The smallest absolute Gasteiger partial charge is 0.227 e. The summed E-state index contributed by atoms with van der Waals surface area (Å²) in [6.07, 6.45) is 26.4. The van der Waals surface area contributed by atoms with E-state index in [0.29, 0.717) is 18.0 Å². The Balaban J connectivity index is 1.50. The van der Waals surface area contributed by atoms with Crippen molar-refractivity contribution in [3.8, 4) is 0 Å². The molecule has 5 heteroatoms. The molecule has 0 aromatic carbocycles. The normalized spacial score (nSPS) is 23.7. The summed E-state index contributed by atoms with van der Waals surface area (Å²) in [5.41, 5.74) is 0. The van der Waals surface area contributed by atoms with Crippen molar-refractivity contribution in [2.24, 2.45) is 0 Å². The molecule has 0 saturated heterocycles. The van der Waals surface area contributed by atoms with Gasteiger partial charge in [0.25, 0.3) is 0 Å². The highest BCUT2D eigenvalue weighted by Gasteiger charge is 2.22. The van der Waals surface area contributed by atoms with Crippen molar-refractivity contribution in [2.75, 3.05) is 10.6 Å². The van der Waals surface area contributed by atoms with Crippen molar-refractivity contribution in [3.05, 3.63) is 5.82 Å². The van der Waals surface area contributed by atoms with Gasteiger partial charge in [0, 0.05) is 18.0 Å². The molecule has 1 heterocycles. The molecule has 1 aromatic rings. The molecule has 0 aliphatic heterocycles. The summed E-state index contributed by atoms with van der Waals surface area (Å²) in [6.45, 7) is 0. The summed E-state index contributed by atoms with van der Waals surface area (Å²) in [4.78, 5) is 14.9. The molecule has 3 saturated carbocycles. The first kappa shape index (κ1) is 22.8. The molecule has 3 aliphatic carbocycles. The SMILES string of the molecule is C1CCCC(Nc2nc(NC3CCCCCCC3)nc(C3CCCCCC3)n2)CCC1. The minimum atomic E-state index is 0.501. The lowest BCUT2D eigenvalue weighted by molar-refractivity contribution is 0.466. The quantitative estimate of drug-likeness (QED) is 0.481. The summed E-state index contributed by atoms with van der Waals surface area (Å²) < 4.78 is 0. The van der Waals surface area contributed by atoms with Gasteiger partial charge in [-0.15, -0.1) is 0 Å². The first-order valence-electron chi connectivity index (χ1n) is 13.7. The van der Waals surface area contributed by atoms with E-state index >= 15 is 0 Å². The summed E-state index contributed by atoms with van der Waals surface area (Å²) in [6, 6.07) is 1.03. The van der Waals surface area contributed by atoms with E-state index in [2.05, 4.69) is 10.6 Å². The lowest BCUT2D eigenvalue weighted by Crippen LogP contribution is -2.26. The molecule has 2 N–H and O–H groups in total. The second-order valence-corrected chi connectivity index (χ2v) is 10.4. The molecule has 0 unspecified atom stereocenters. The van der Waals surface area contributed by atoms with E-state index in [1.54, 1.807) is 0 Å². The van der Waals surface area contributed by atoms with E-state index in [1.165, 1.54) is 128 Å². The van der Waals surface area contributed by atoms with Crippen molar-refractivity contribution in [3.63, 3.8) is 0 Å². The summed E-state index contributed by atoms with van der Waals surface area (Å²) in [5.74, 6) is 3.20. The van der Waals surface area contributed by atoms with Gasteiger partial charge in [-0.2, -0.15) is 15.0 Å². The van der Waals surface area contributed by atoms with Gasteiger partial charge in [-0.05, 0) is 38.5 Å². The zero-order chi connectivity index (χ0) is 21.1. The van der Waals surface area contributed by atoms with Crippen LogP contribution in [0.5, 0.6) is 0 Å². The van der Waals surface area contributed by atoms with Crippen LogP contribution < -0.4 is 10.6 Å². The van der Waals surface area contributed by atoms with E-state index in [1.807, 2.05) is 0 Å². The Bertz CT molecular complexity index is 582. The molecule has 0 spiro atoms. The van der Waals surface area contributed by atoms with Crippen LogP contribution in [-0.4, -0.2) is 27.0 Å². The lowest BCUT2D eigenvalue weighted by atomic mass is 9.97. The molecule has 174 valence electrons. The maximum Gasteiger partial charge on any atom is 0.227 e. The van der Waals surface area contributed by atoms with Crippen LogP contribution in [0, 0.1) is 0 Å². The number of aromatic nitrogens is 3. The molecule has 0 amide bonds. The average Bonchev–Trinajstić information content (AvgIpc) is 3.01. The van der Waals surface area contributed by atoms with Crippen LogP contribution in [0.4, 0.5) is 11.9 Å². The Hall–Kier alpha value is -1.39. The van der Waals surface area contributed by atoms with E-state index in [0.717, 1.165) is 17.7 Å². The Morgan fingerprint density at radius 2 is 0.774 bits per heavy atom. The van der Waals surface area contributed by atoms with Gasteiger partial charge in [-0.3, -0.25) is 0 Å². The Labute approximate surface area is 190 Å². The van der Waals surface area contributed by atoms with Crippen molar-refractivity contribution in [2.45, 2.75) is 146 Å². The van der Waals surface area contributed by atoms with Crippen molar-refractivity contribution >= 4 is 11.9 Å². The standard InChI is InChI=1S/C26H45N5/c1-3-11-17-22(18-12-4-1)27-25-29-24(21-15-9-7-8-10-16-21)30-26(31-25)28-23-19-13-5-2-6-14-20-23/h21-23H,1-20H2,(H2,27,28,29,30,31). The van der Waals surface area contributed by atoms with Gasteiger partial charge in [0.15, 0.2) is 0 Å². The number of rotatable bonds is 5. The van der Waals surface area contributed by atoms with Crippen molar-refractivity contribution in [1.82, 2.24) is 15.0 Å². The summed E-state index contributed by atoms with van der Waals surface area (Å²) in [7, 11) is 0. The number of hydrogen-bond donors (Lipinski definition) is 2. The fourth-order valence-electron chi connectivity index (χ4n) is 5.81. The highest BCUT2D eigenvalue weighted by atomic mass is 15.2. The van der Waals surface area contributed by atoms with Crippen LogP contribution in [0.25, 0.3) is 0 Å². The largest absolute Gasteiger partial charge is 0.351 e. The number of nitrogens with zero attached hydrogens (tertiary/aromatic N) is 3. The Morgan fingerprint density at radius 1 is 0.419 bits per heavy atom. The summed E-state index contributed by atoms with van der Waals surface area (Å²) in [5, 5.41) is 7.48. The molecule has 0 radical (unpaired) electrons. The second kappa shape index (κ2) is 12.6. The highest BCUT2D eigenvalue weighted by molar-refractivity contribution is 5.36. The van der Waals surface area contributed by atoms with Crippen LogP contribution in [0.3, 0.4) is 0 Å². The van der Waals surface area contributed by atoms with E-state index in [9.17, 15) is 0 Å². The molecule has 3 fully saturated rings. The maximum absolute atomic E-state index is 5.00. The van der Waals surface area contributed by atoms with Gasteiger partial charge in [0.1, 0.15) is 5.82 Å². The number of anilines is 2. The van der Waals surface area contributed by atoms with Gasteiger partial charge >= 0.3 is 0 Å². The van der Waals surface area contributed by atoms with Gasteiger partial charge in [0.05, 0.1) is 0 Å². The topological polar surface area (TPSA) is 62.7 Å². The zero-order valence-corrected chi connectivity index (χ0v) is 19.7. The Morgan fingerprint density at radius 3 is 1.19 bits per heavy atom. The number of hydrogen-bond acceptors (Lipinski definition) is 5. The third-order valence-corrected chi connectivity index (χ3v) is 7.75.